The minimum Gasteiger partial charge on any atom is -0.383 e. The van der Waals surface area contributed by atoms with Crippen LogP contribution in [0.4, 0.5) is 18.9 Å². The lowest BCUT2D eigenvalue weighted by molar-refractivity contribution is -0.137. The fourth-order valence-electron chi connectivity index (χ4n) is 1.95. The molecule has 0 heterocycles. The normalized spacial score (nSPS) is 11.8. The van der Waals surface area contributed by atoms with Gasteiger partial charge in [0.25, 0.3) is 0 Å². The summed E-state index contributed by atoms with van der Waals surface area (Å²) in [7, 11) is 1.54. The van der Waals surface area contributed by atoms with Gasteiger partial charge in [0.05, 0.1) is 12.2 Å². The molecule has 0 aliphatic rings. The quantitative estimate of drug-likeness (QED) is 0.752. The molecule has 0 saturated heterocycles. The highest BCUT2D eigenvalue weighted by Gasteiger charge is 2.34. The number of anilines is 1. The molecule has 0 saturated carbocycles. The van der Waals surface area contributed by atoms with Crippen LogP contribution < -0.4 is 4.90 Å². The first kappa shape index (κ1) is 16.5. The zero-order valence-corrected chi connectivity index (χ0v) is 11.7. The Bertz CT molecular complexity index is 458. The van der Waals surface area contributed by atoms with Crippen molar-refractivity contribution in [1.82, 2.24) is 0 Å². The summed E-state index contributed by atoms with van der Waals surface area (Å²) < 4.78 is 43.8. The first-order valence-electron chi connectivity index (χ1n) is 6.23. The number of hydrogen-bond donors (Lipinski definition) is 0. The SMILES string of the molecule is COCCN(c1ccc(C=O)c(C(F)(F)F)c1)C(C)C. The standard InChI is InChI=1S/C14H18F3NO2/c1-10(2)18(6-7-20-3)12-5-4-11(9-19)13(8-12)14(15,16)17/h4-5,8-10H,6-7H2,1-3H3. The van der Waals surface area contributed by atoms with Gasteiger partial charge in [0.1, 0.15) is 0 Å². The minimum atomic E-state index is -4.55. The second kappa shape index (κ2) is 6.74. The summed E-state index contributed by atoms with van der Waals surface area (Å²) in [5.41, 5.74) is -0.834. The zero-order chi connectivity index (χ0) is 15.3. The van der Waals surface area contributed by atoms with Crippen molar-refractivity contribution in [2.75, 3.05) is 25.2 Å². The lowest BCUT2D eigenvalue weighted by atomic mass is 10.1. The molecule has 0 bridgehead atoms. The summed E-state index contributed by atoms with van der Waals surface area (Å²) in [6.45, 7) is 4.66. The fraction of sp³-hybridized carbons (Fsp3) is 0.500. The smallest absolute Gasteiger partial charge is 0.383 e. The van der Waals surface area contributed by atoms with Crippen LogP contribution in [0, 0.1) is 0 Å². The minimum absolute atomic E-state index is 0.0216. The molecule has 0 radical (unpaired) electrons. The van der Waals surface area contributed by atoms with Gasteiger partial charge < -0.3 is 9.64 Å². The summed E-state index contributed by atoms with van der Waals surface area (Å²) in [6, 6.07) is 3.76. The number of benzene rings is 1. The number of rotatable bonds is 6. The van der Waals surface area contributed by atoms with E-state index < -0.39 is 11.7 Å². The lowest BCUT2D eigenvalue weighted by Crippen LogP contribution is -2.34. The molecule has 0 amide bonds. The molecule has 0 spiro atoms. The molecule has 112 valence electrons. The van der Waals surface area contributed by atoms with Crippen LogP contribution >= 0.6 is 0 Å². The van der Waals surface area contributed by atoms with Crippen molar-refractivity contribution in [3.05, 3.63) is 29.3 Å². The third-order valence-corrected chi connectivity index (χ3v) is 2.96. The van der Waals surface area contributed by atoms with Gasteiger partial charge in [-0.05, 0) is 32.0 Å². The highest BCUT2D eigenvalue weighted by molar-refractivity contribution is 5.79. The molecule has 1 aromatic rings. The van der Waals surface area contributed by atoms with E-state index in [0.29, 0.717) is 18.8 Å². The first-order chi connectivity index (χ1) is 9.31. The number of hydrogen-bond acceptors (Lipinski definition) is 3. The summed E-state index contributed by atoms with van der Waals surface area (Å²) >= 11 is 0. The van der Waals surface area contributed by atoms with Crippen molar-refractivity contribution < 1.29 is 22.7 Å². The number of aldehydes is 1. The molecule has 20 heavy (non-hydrogen) atoms. The van der Waals surface area contributed by atoms with Crippen LogP contribution in [0.15, 0.2) is 18.2 Å². The highest BCUT2D eigenvalue weighted by Crippen LogP contribution is 2.34. The molecule has 1 rings (SSSR count). The van der Waals surface area contributed by atoms with Gasteiger partial charge in [0.2, 0.25) is 0 Å². The number of halogens is 3. The van der Waals surface area contributed by atoms with Crippen LogP contribution in [0.3, 0.4) is 0 Å². The van der Waals surface area contributed by atoms with Crippen molar-refractivity contribution in [2.24, 2.45) is 0 Å². The Morgan fingerprint density at radius 1 is 1.35 bits per heavy atom. The van der Waals surface area contributed by atoms with Gasteiger partial charge in [-0.25, -0.2) is 0 Å². The Kier molecular flexibility index (Phi) is 5.56. The number of carbonyl (C=O) groups excluding carboxylic acids is 1. The predicted octanol–water partition coefficient (Wildman–Crippen LogP) is 3.38. The first-order valence-corrected chi connectivity index (χ1v) is 6.23. The summed E-state index contributed by atoms with van der Waals surface area (Å²) in [4.78, 5) is 12.5. The molecule has 0 unspecified atom stereocenters. The second-order valence-electron chi connectivity index (χ2n) is 4.67. The highest BCUT2D eigenvalue weighted by atomic mass is 19.4. The van der Waals surface area contributed by atoms with Crippen molar-refractivity contribution in [2.45, 2.75) is 26.1 Å². The van der Waals surface area contributed by atoms with Crippen molar-refractivity contribution in [3.8, 4) is 0 Å². The Hall–Kier alpha value is -1.56. The molecule has 1 aromatic carbocycles. The van der Waals surface area contributed by atoms with E-state index in [9.17, 15) is 18.0 Å². The molecular formula is C14H18F3NO2. The summed E-state index contributed by atoms with van der Waals surface area (Å²) in [5, 5.41) is 0. The molecule has 6 heteroatoms. The maximum Gasteiger partial charge on any atom is 0.417 e. The van der Waals surface area contributed by atoms with Gasteiger partial charge in [-0.2, -0.15) is 13.2 Å². The topological polar surface area (TPSA) is 29.5 Å². The maximum absolute atomic E-state index is 12.9. The van der Waals surface area contributed by atoms with Gasteiger partial charge in [-0.3, -0.25) is 4.79 Å². The average molecular weight is 289 g/mol. The van der Waals surface area contributed by atoms with E-state index in [1.165, 1.54) is 19.2 Å². The number of alkyl halides is 3. The third-order valence-electron chi connectivity index (χ3n) is 2.96. The Morgan fingerprint density at radius 2 is 2.00 bits per heavy atom. The number of carbonyl (C=O) groups is 1. The maximum atomic E-state index is 12.9. The predicted molar refractivity (Wildman–Crippen MR) is 71.2 cm³/mol. The largest absolute Gasteiger partial charge is 0.417 e. The Morgan fingerprint density at radius 3 is 2.45 bits per heavy atom. The van der Waals surface area contributed by atoms with Crippen LogP contribution in [0.25, 0.3) is 0 Å². The van der Waals surface area contributed by atoms with Crippen molar-refractivity contribution in [1.29, 1.82) is 0 Å². The molecule has 0 aliphatic carbocycles. The van der Waals surface area contributed by atoms with E-state index in [0.717, 1.165) is 6.07 Å². The molecule has 0 N–H and O–H groups in total. The summed E-state index contributed by atoms with van der Waals surface area (Å²) in [6.07, 6.45) is -4.32. The van der Waals surface area contributed by atoms with Crippen LogP contribution in [0.2, 0.25) is 0 Å². The van der Waals surface area contributed by atoms with E-state index in [1.54, 1.807) is 4.90 Å². The summed E-state index contributed by atoms with van der Waals surface area (Å²) in [5.74, 6) is 0. The number of methoxy groups -OCH3 is 1. The van der Waals surface area contributed by atoms with Crippen LogP contribution in [-0.2, 0) is 10.9 Å². The third kappa shape index (κ3) is 3.96. The molecule has 0 aliphatic heterocycles. The van der Waals surface area contributed by atoms with Gasteiger partial charge in [-0.15, -0.1) is 0 Å². The van der Waals surface area contributed by atoms with Crippen LogP contribution in [-0.4, -0.2) is 32.6 Å². The lowest BCUT2D eigenvalue weighted by Gasteiger charge is -2.29. The fourth-order valence-corrected chi connectivity index (χ4v) is 1.95. The molecule has 0 aromatic heterocycles. The van der Waals surface area contributed by atoms with Gasteiger partial charge in [0.15, 0.2) is 6.29 Å². The van der Waals surface area contributed by atoms with E-state index in [2.05, 4.69) is 0 Å². The number of nitrogens with zero attached hydrogens (tertiary/aromatic N) is 1. The molecule has 0 fully saturated rings. The van der Waals surface area contributed by atoms with Gasteiger partial charge in [-0.1, -0.05) is 0 Å². The van der Waals surface area contributed by atoms with Crippen molar-refractivity contribution >= 4 is 12.0 Å². The Labute approximate surface area is 116 Å². The van der Waals surface area contributed by atoms with E-state index in [-0.39, 0.29) is 17.9 Å². The molecular weight excluding hydrogens is 271 g/mol. The molecule has 3 nitrogen and oxygen atoms in total. The number of ether oxygens (including phenoxy) is 1. The average Bonchev–Trinajstić information content (AvgIpc) is 2.37. The monoisotopic (exact) mass is 289 g/mol. The second-order valence-corrected chi connectivity index (χ2v) is 4.67. The van der Waals surface area contributed by atoms with E-state index in [1.807, 2.05) is 13.8 Å². The Balaban J connectivity index is 3.20. The van der Waals surface area contributed by atoms with E-state index >= 15 is 0 Å². The zero-order valence-electron chi connectivity index (χ0n) is 11.7. The van der Waals surface area contributed by atoms with Crippen molar-refractivity contribution in [3.63, 3.8) is 0 Å². The van der Waals surface area contributed by atoms with Crippen LogP contribution in [0.5, 0.6) is 0 Å². The van der Waals surface area contributed by atoms with E-state index in [4.69, 9.17) is 4.74 Å². The van der Waals surface area contributed by atoms with Gasteiger partial charge >= 0.3 is 6.18 Å². The van der Waals surface area contributed by atoms with Crippen LogP contribution in [0.1, 0.15) is 29.8 Å². The van der Waals surface area contributed by atoms with Gasteiger partial charge in [0, 0.05) is 30.9 Å². The molecule has 0 atom stereocenters.